The number of fused-ring (bicyclic) bond motifs is 1. The molecular formula is C16H25NO3S. The third-order valence-electron chi connectivity index (χ3n) is 3.81. The highest BCUT2D eigenvalue weighted by Gasteiger charge is 2.21. The first kappa shape index (κ1) is 16.5. The van der Waals surface area contributed by atoms with E-state index in [1.807, 2.05) is 19.1 Å². The molecular weight excluding hydrogens is 286 g/mol. The molecule has 0 saturated carbocycles. The van der Waals surface area contributed by atoms with Crippen molar-refractivity contribution < 1.29 is 14.6 Å². The summed E-state index contributed by atoms with van der Waals surface area (Å²) in [6, 6.07) is 6.08. The molecule has 0 radical (unpaired) electrons. The molecule has 0 aromatic heterocycles. The summed E-state index contributed by atoms with van der Waals surface area (Å²) in [5.41, 5.74) is 4.91. The summed E-state index contributed by atoms with van der Waals surface area (Å²) in [6.07, 6.45) is 3.32. The van der Waals surface area contributed by atoms with E-state index in [-0.39, 0.29) is 0 Å². The summed E-state index contributed by atoms with van der Waals surface area (Å²) >= 11 is 1.77. The Morgan fingerprint density at radius 1 is 1.29 bits per heavy atom. The van der Waals surface area contributed by atoms with Gasteiger partial charge in [-0.05, 0) is 43.2 Å². The smallest absolute Gasteiger partial charge is 0.162 e. The first-order valence-electron chi connectivity index (χ1n) is 7.62. The second kappa shape index (κ2) is 7.92. The quantitative estimate of drug-likeness (QED) is 0.599. The standard InChI is InChI=1S/C16H25NO3S/c1-2-16(18,12-17)7-3-10-21-13-5-6-14-15(11-13)20-9-4-8-19-14/h5-6,11,18H,2-4,7-10,12,17H2,1H3. The molecule has 5 heteroatoms. The summed E-state index contributed by atoms with van der Waals surface area (Å²) in [5.74, 6) is 2.63. The van der Waals surface area contributed by atoms with Crippen molar-refractivity contribution in [2.45, 2.75) is 43.1 Å². The zero-order chi connectivity index (χ0) is 15.1. The molecule has 2 rings (SSSR count). The Kier molecular flexibility index (Phi) is 6.21. The van der Waals surface area contributed by atoms with E-state index in [1.165, 1.54) is 4.90 Å². The van der Waals surface area contributed by atoms with Crippen LogP contribution in [0.25, 0.3) is 0 Å². The number of hydrogen-bond donors (Lipinski definition) is 2. The maximum Gasteiger partial charge on any atom is 0.162 e. The van der Waals surface area contributed by atoms with E-state index in [4.69, 9.17) is 15.2 Å². The van der Waals surface area contributed by atoms with Crippen molar-refractivity contribution in [2.24, 2.45) is 5.73 Å². The van der Waals surface area contributed by atoms with Crippen molar-refractivity contribution in [3.63, 3.8) is 0 Å². The van der Waals surface area contributed by atoms with Crippen LogP contribution >= 0.6 is 11.8 Å². The Hall–Kier alpha value is -0.910. The minimum atomic E-state index is -0.703. The molecule has 1 unspecified atom stereocenters. The number of rotatable bonds is 7. The van der Waals surface area contributed by atoms with E-state index in [9.17, 15) is 5.11 Å². The maximum atomic E-state index is 10.1. The average Bonchev–Trinajstić information content (AvgIpc) is 2.76. The molecule has 0 amide bonds. The molecule has 3 N–H and O–H groups in total. The molecule has 1 aromatic carbocycles. The molecule has 1 heterocycles. The van der Waals surface area contributed by atoms with Crippen LogP contribution in [0.15, 0.2) is 23.1 Å². The highest BCUT2D eigenvalue weighted by atomic mass is 32.2. The predicted octanol–water partition coefficient (Wildman–Crippen LogP) is 2.82. The fourth-order valence-corrected chi connectivity index (χ4v) is 3.13. The molecule has 0 aliphatic carbocycles. The number of benzene rings is 1. The van der Waals surface area contributed by atoms with Crippen molar-refractivity contribution in [1.29, 1.82) is 0 Å². The molecule has 118 valence electrons. The number of hydrogen-bond acceptors (Lipinski definition) is 5. The van der Waals surface area contributed by atoms with Crippen LogP contribution in [-0.4, -0.2) is 36.2 Å². The van der Waals surface area contributed by atoms with Gasteiger partial charge in [0.15, 0.2) is 11.5 Å². The SMILES string of the molecule is CCC(O)(CN)CCCSc1ccc2c(c1)OCCCO2. The average molecular weight is 311 g/mol. The lowest BCUT2D eigenvalue weighted by molar-refractivity contribution is 0.0360. The van der Waals surface area contributed by atoms with Gasteiger partial charge in [0.05, 0.1) is 18.8 Å². The Labute approximate surface area is 131 Å². The Bertz CT molecular complexity index is 449. The summed E-state index contributed by atoms with van der Waals surface area (Å²) in [6.45, 7) is 3.73. The van der Waals surface area contributed by atoms with Crippen LogP contribution in [0.3, 0.4) is 0 Å². The predicted molar refractivity (Wildman–Crippen MR) is 86.3 cm³/mol. The maximum absolute atomic E-state index is 10.1. The normalized spacial score (nSPS) is 17.1. The highest BCUT2D eigenvalue weighted by Crippen LogP contribution is 2.34. The van der Waals surface area contributed by atoms with Gasteiger partial charge in [0, 0.05) is 17.9 Å². The molecule has 4 nitrogen and oxygen atoms in total. The highest BCUT2D eigenvalue weighted by molar-refractivity contribution is 7.99. The van der Waals surface area contributed by atoms with Gasteiger partial charge in [-0.25, -0.2) is 0 Å². The first-order chi connectivity index (χ1) is 10.2. The number of thioether (sulfide) groups is 1. The number of nitrogens with two attached hydrogens (primary N) is 1. The van der Waals surface area contributed by atoms with Crippen molar-refractivity contribution >= 4 is 11.8 Å². The van der Waals surface area contributed by atoms with E-state index in [0.29, 0.717) is 26.2 Å². The van der Waals surface area contributed by atoms with Gasteiger partial charge in [-0.2, -0.15) is 0 Å². The fourth-order valence-electron chi connectivity index (χ4n) is 2.25. The molecule has 0 spiro atoms. The van der Waals surface area contributed by atoms with Crippen LogP contribution in [0.2, 0.25) is 0 Å². The molecule has 0 bridgehead atoms. The Balaban J connectivity index is 1.82. The van der Waals surface area contributed by atoms with Gasteiger partial charge in [-0.1, -0.05) is 6.92 Å². The van der Waals surface area contributed by atoms with Gasteiger partial charge < -0.3 is 20.3 Å². The van der Waals surface area contributed by atoms with Crippen LogP contribution < -0.4 is 15.2 Å². The van der Waals surface area contributed by atoms with E-state index in [2.05, 4.69) is 6.07 Å². The summed E-state index contributed by atoms with van der Waals surface area (Å²) in [5, 5.41) is 10.1. The van der Waals surface area contributed by atoms with Gasteiger partial charge >= 0.3 is 0 Å². The van der Waals surface area contributed by atoms with E-state index >= 15 is 0 Å². The van der Waals surface area contributed by atoms with Crippen LogP contribution in [0, 0.1) is 0 Å². The van der Waals surface area contributed by atoms with Crippen molar-refractivity contribution in [3.8, 4) is 11.5 Å². The molecule has 1 aromatic rings. The van der Waals surface area contributed by atoms with Crippen LogP contribution in [-0.2, 0) is 0 Å². The lowest BCUT2D eigenvalue weighted by atomic mass is 9.95. The van der Waals surface area contributed by atoms with E-state index in [0.717, 1.165) is 36.5 Å². The lowest BCUT2D eigenvalue weighted by Crippen LogP contribution is -2.36. The molecule has 1 atom stereocenters. The molecule has 21 heavy (non-hydrogen) atoms. The van der Waals surface area contributed by atoms with Gasteiger partial charge in [0.25, 0.3) is 0 Å². The minimum absolute atomic E-state index is 0.332. The molecule has 0 fully saturated rings. The molecule has 1 aliphatic heterocycles. The topological polar surface area (TPSA) is 64.7 Å². The zero-order valence-corrected chi connectivity index (χ0v) is 13.5. The Morgan fingerprint density at radius 3 is 2.76 bits per heavy atom. The van der Waals surface area contributed by atoms with E-state index in [1.54, 1.807) is 11.8 Å². The molecule has 1 aliphatic rings. The summed E-state index contributed by atoms with van der Waals surface area (Å²) < 4.78 is 11.3. The largest absolute Gasteiger partial charge is 0.490 e. The second-order valence-electron chi connectivity index (χ2n) is 5.39. The van der Waals surface area contributed by atoms with E-state index < -0.39 is 5.60 Å². The lowest BCUT2D eigenvalue weighted by Gasteiger charge is -2.24. The van der Waals surface area contributed by atoms with Gasteiger partial charge in [0.1, 0.15) is 0 Å². The van der Waals surface area contributed by atoms with Crippen molar-refractivity contribution in [2.75, 3.05) is 25.5 Å². The zero-order valence-electron chi connectivity index (χ0n) is 12.6. The van der Waals surface area contributed by atoms with Crippen LogP contribution in [0.4, 0.5) is 0 Å². The number of aliphatic hydroxyl groups is 1. The monoisotopic (exact) mass is 311 g/mol. The third-order valence-corrected chi connectivity index (χ3v) is 4.89. The molecule has 0 saturated heterocycles. The van der Waals surface area contributed by atoms with Gasteiger partial charge in [-0.15, -0.1) is 11.8 Å². The summed E-state index contributed by atoms with van der Waals surface area (Å²) in [7, 11) is 0. The van der Waals surface area contributed by atoms with Crippen molar-refractivity contribution in [3.05, 3.63) is 18.2 Å². The van der Waals surface area contributed by atoms with Crippen molar-refractivity contribution in [1.82, 2.24) is 0 Å². The Morgan fingerprint density at radius 2 is 2.05 bits per heavy atom. The van der Waals surface area contributed by atoms with Gasteiger partial charge in [0.2, 0.25) is 0 Å². The van der Waals surface area contributed by atoms with Gasteiger partial charge in [-0.3, -0.25) is 0 Å². The van der Waals surface area contributed by atoms with Crippen LogP contribution in [0.5, 0.6) is 11.5 Å². The minimum Gasteiger partial charge on any atom is -0.490 e. The third kappa shape index (κ3) is 4.80. The summed E-state index contributed by atoms with van der Waals surface area (Å²) in [4.78, 5) is 1.17. The number of ether oxygens (including phenoxy) is 2. The first-order valence-corrected chi connectivity index (χ1v) is 8.60. The second-order valence-corrected chi connectivity index (χ2v) is 6.56. The fraction of sp³-hybridized carbons (Fsp3) is 0.625. The van der Waals surface area contributed by atoms with Crippen LogP contribution in [0.1, 0.15) is 32.6 Å².